The summed E-state index contributed by atoms with van der Waals surface area (Å²) in [6.45, 7) is 1.78. The van der Waals surface area contributed by atoms with E-state index in [2.05, 4.69) is 15.5 Å². The number of carbonyl (C=O) groups is 1. The fourth-order valence-electron chi connectivity index (χ4n) is 2.29. The van der Waals surface area contributed by atoms with E-state index in [1.54, 1.807) is 31.2 Å². The van der Waals surface area contributed by atoms with Gasteiger partial charge in [-0.2, -0.15) is 5.10 Å². The van der Waals surface area contributed by atoms with Crippen molar-refractivity contribution in [3.63, 3.8) is 0 Å². The standard InChI is InChI=1S/C18H15ClFN3OS/c1-11(13-4-8-15(20)9-5-13)22-23-18-21-17(24)16(25-18)10-12-2-6-14(19)7-3-12/h2-9,16H,10H2,1H3,(H,21,23,24)/b22-11+/t16-/m0/s1. The van der Waals surface area contributed by atoms with Crippen LogP contribution >= 0.6 is 23.4 Å². The first kappa shape index (κ1) is 17.6. The molecule has 1 aliphatic rings. The van der Waals surface area contributed by atoms with Gasteiger partial charge in [0.05, 0.1) is 11.0 Å². The van der Waals surface area contributed by atoms with Crippen molar-refractivity contribution < 1.29 is 9.18 Å². The molecule has 0 radical (unpaired) electrons. The van der Waals surface area contributed by atoms with Crippen LogP contribution in [0.5, 0.6) is 0 Å². The second-order valence-corrected chi connectivity index (χ2v) is 7.15. The maximum Gasteiger partial charge on any atom is 0.239 e. The Morgan fingerprint density at radius 2 is 1.88 bits per heavy atom. The molecule has 2 aromatic carbocycles. The van der Waals surface area contributed by atoms with Crippen molar-refractivity contribution >= 4 is 40.1 Å². The van der Waals surface area contributed by atoms with Crippen LogP contribution in [0.2, 0.25) is 5.02 Å². The molecule has 1 saturated heterocycles. The molecule has 0 unspecified atom stereocenters. The topological polar surface area (TPSA) is 53.8 Å². The molecular weight excluding hydrogens is 361 g/mol. The minimum atomic E-state index is -0.300. The summed E-state index contributed by atoms with van der Waals surface area (Å²) in [4.78, 5) is 12.1. The average molecular weight is 376 g/mol. The number of nitrogens with zero attached hydrogens (tertiary/aromatic N) is 2. The Bertz CT molecular complexity index is 834. The SMILES string of the molecule is C/C(=N\N=C1/NC(=O)[C@H](Cc2ccc(Cl)cc2)S1)c1ccc(F)cc1. The third-order valence-corrected chi connectivity index (χ3v) is 4.99. The number of thioether (sulfide) groups is 1. The minimum absolute atomic E-state index is 0.0895. The van der Waals surface area contributed by atoms with Gasteiger partial charge in [0.25, 0.3) is 0 Å². The highest BCUT2D eigenvalue weighted by atomic mass is 35.5. The highest BCUT2D eigenvalue weighted by Gasteiger charge is 2.30. The number of amidine groups is 1. The summed E-state index contributed by atoms with van der Waals surface area (Å²) in [5.41, 5.74) is 2.45. The lowest BCUT2D eigenvalue weighted by Gasteiger charge is -2.05. The van der Waals surface area contributed by atoms with Crippen LogP contribution in [-0.2, 0) is 11.2 Å². The first-order valence-corrected chi connectivity index (χ1v) is 8.87. The highest BCUT2D eigenvalue weighted by Crippen LogP contribution is 2.24. The van der Waals surface area contributed by atoms with Crippen LogP contribution in [0.1, 0.15) is 18.1 Å². The minimum Gasteiger partial charge on any atom is -0.303 e. The first-order chi connectivity index (χ1) is 12.0. The van der Waals surface area contributed by atoms with Crippen LogP contribution in [0.3, 0.4) is 0 Å². The Morgan fingerprint density at radius 3 is 2.56 bits per heavy atom. The van der Waals surface area contributed by atoms with Gasteiger partial charge in [-0.25, -0.2) is 4.39 Å². The predicted molar refractivity (Wildman–Crippen MR) is 101 cm³/mol. The third-order valence-electron chi connectivity index (χ3n) is 3.66. The van der Waals surface area contributed by atoms with E-state index in [0.29, 0.717) is 22.3 Å². The van der Waals surface area contributed by atoms with Crippen molar-refractivity contribution in [1.82, 2.24) is 5.32 Å². The number of rotatable bonds is 4. The molecule has 7 heteroatoms. The lowest BCUT2D eigenvalue weighted by Crippen LogP contribution is -2.25. The summed E-state index contributed by atoms with van der Waals surface area (Å²) in [6.07, 6.45) is 0.591. The summed E-state index contributed by atoms with van der Waals surface area (Å²) in [6, 6.07) is 13.4. The monoisotopic (exact) mass is 375 g/mol. The second-order valence-electron chi connectivity index (χ2n) is 5.52. The molecular formula is C18H15ClFN3OS. The van der Waals surface area contributed by atoms with Gasteiger partial charge < -0.3 is 5.32 Å². The van der Waals surface area contributed by atoms with Gasteiger partial charge >= 0.3 is 0 Å². The van der Waals surface area contributed by atoms with E-state index in [0.717, 1.165) is 11.1 Å². The van der Waals surface area contributed by atoms with Crippen molar-refractivity contribution in [2.24, 2.45) is 10.2 Å². The number of hydrogen-bond donors (Lipinski definition) is 1. The molecule has 1 atom stereocenters. The molecule has 1 fully saturated rings. The van der Waals surface area contributed by atoms with E-state index in [-0.39, 0.29) is 17.0 Å². The van der Waals surface area contributed by atoms with Gasteiger partial charge in [0.1, 0.15) is 5.82 Å². The Hall–Kier alpha value is -2.18. The van der Waals surface area contributed by atoms with E-state index in [1.807, 2.05) is 12.1 Å². The van der Waals surface area contributed by atoms with Crippen molar-refractivity contribution in [3.05, 3.63) is 70.5 Å². The zero-order chi connectivity index (χ0) is 17.8. The number of hydrogen-bond acceptors (Lipinski definition) is 4. The zero-order valence-corrected chi connectivity index (χ0v) is 14.9. The van der Waals surface area contributed by atoms with E-state index >= 15 is 0 Å². The van der Waals surface area contributed by atoms with Crippen molar-refractivity contribution in [1.29, 1.82) is 0 Å². The lowest BCUT2D eigenvalue weighted by atomic mass is 10.1. The van der Waals surface area contributed by atoms with E-state index in [9.17, 15) is 9.18 Å². The van der Waals surface area contributed by atoms with Crippen LogP contribution < -0.4 is 5.32 Å². The summed E-state index contributed by atoms with van der Waals surface area (Å²) >= 11 is 7.22. The summed E-state index contributed by atoms with van der Waals surface area (Å²) in [5, 5.41) is 11.8. The maximum absolute atomic E-state index is 12.9. The quantitative estimate of drug-likeness (QED) is 0.647. The van der Waals surface area contributed by atoms with E-state index < -0.39 is 0 Å². The molecule has 0 aliphatic carbocycles. The first-order valence-electron chi connectivity index (χ1n) is 7.61. The zero-order valence-electron chi connectivity index (χ0n) is 13.4. The normalized spacial score (nSPS) is 19.3. The highest BCUT2D eigenvalue weighted by molar-refractivity contribution is 8.15. The molecule has 25 heavy (non-hydrogen) atoms. The predicted octanol–water partition coefficient (Wildman–Crippen LogP) is 4.03. The molecule has 1 aliphatic heterocycles. The van der Waals surface area contributed by atoms with Crippen LogP contribution in [0.25, 0.3) is 0 Å². The average Bonchev–Trinajstić information content (AvgIpc) is 2.95. The van der Waals surface area contributed by atoms with Crippen LogP contribution in [0.15, 0.2) is 58.7 Å². The molecule has 1 heterocycles. The number of benzene rings is 2. The largest absolute Gasteiger partial charge is 0.303 e. The second kappa shape index (κ2) is 7.80. The third kappa shape index (κ3) is 4.67. The number of carbonyl (C=O) groups excluding carboxylic acids is 1. The van der Waals surface area contributed by atoms with Gasteiger partial charge in [0.15, 0.2) is 5.17 Å². The molecule has 0 bridgehead atoms. The van der Waals surface area contributed by atoms with Gasteiger partial charge in [0.2, 0.25) is 5.91 Å². The summed E-state index contributed by atoms with van der Waals surface area (Å²) < 4.78 is 12.9. The Labute approximate surface area is 154 Å². The molecule has 0 saturated carbocycles. The van der Waals surface area contributed by atoms with E-state index in [1.165, 1.54) is 23.9 Å². The molecule has 128 valence electrons. The number of halogens is 2. The van der Waals surface area contributed by atoms with Gasteiger partial charge in [0, 0.05) is 5.02 Å². The lowest BCUT2D eigenvalue weighted by molar-refractivity contribution is -0.118. The molecule has 4 nitrogen and oxygen atoms in total. The Balaban J connectivity index is 1.66. The van der Waals surface area contributed by atoms with Crippen LogP contribution in [0, 0.1) is 5.82 Å². The summed E-state index contributed by atoms with van der Waals surface area (Å²) in [5.74, 6) is -0.389. The van der Waals surface area contributed by atoms with Crippen molar-refractivity contribution in [2.75, 3.05) is 0 Å². The summed E-state index contributed by atoms with van der Waals surface area (Å²) in [7, 11) is 0. The van der Waals surface area contributed by atoms with Crippen molar-refractivity contribution in [3.8, 4) is 0 Å². The van der Waals surface area contributed by atoms with Crippen LogP contribution in [0.4, 0.5) is 4.39 Å². The van der Waals surface area contributed by atoms with Gasteiger partial charge in [-0.05, 0) is 48.7 Å². The number of amides is 1. The van der Waals surface area contributed by atoms with Gasteiger partial charge in [-0.1, -0.05) is 47.6 Å². The molecule has 2 aromatic rings. The smallest absolute Gasteiger partial charge is 0.239 e. The van der Waals surface area contributed by atoms with Crippen LogP contribution in [-0.4, -0.2) is 22.0 Å². The van der Waals surface area contributed by atoms with Gasteiger partial charge in [-0.15, -0.1) is 5.10 Å². The number of nitrogens with one attached hydrogen (secondary N) is 1. The van der Waals surface area contributed by atoms with Gasteiger partial charge in [-0.3, -0.25) is 4.79 Å². The van der Waals surface area contributed by atoms with E-state index in [4.69, 9.17) is 11.6 Å². The fourth-order valence-corrected chi connectivity index (χ4v) is 3.38. The molecule has 1 amide bonds. The fraction of sp³-hybridized carbons (Fsp3) is 0.167. The molecule has 0 spiro atoms. The molecule has 1 N–H and O–H groups in total. The van der Waals surface area contributed by atoms with Crippen molar-refractivity contribution in [2.45, 2.75) is 18.6 Å². The molecule has 3 rings (SSSR count). The Morgan fingerprint density at radius 1 is 1.20 bits per heavy atom. The molecule has 0 aromatic heterocycles. The maximum atomic E-state index is 12.9. The Kier molecular flexibility index (Phi) is 5.50.